The molecule has 16 heavy (non-hydrogen) atoms. The molecule has 0 radical (unpaired) electrons. The van der Waals surface area contributed by atoms with Crippen LogP contribution in [0.4, 0.5) is 11.5 Å². The first-order valence-electron chi connectivity index (χ1n) is 5.54. The Balaban J connectivity index is 2.12. The van der Waals surface area contributed by atoms with Crippen LogP contribution in [0.1, 0.15) is 27.2 Å². The molecular formula is C11H18N4O. The van der Waals surface area contributed by atoms with Crippen LogP contribution in [0, 0.1) is 5.41 Å². The lowest BCUT2D eigenvalue weighted by Gasteiger charge is -2.11. The van der Waals surface area contributed by atoms with Gasteiger partial charge in [-0.2, -0.15) is 4.98 Å². The average molecular weight is 222 g/mol. The van der Waals surface area contributed by atoms with Crippen LogP contribution in [0.2, 0.25) is 0 Å². The molecule has 1 aliphatic rings. The van der Waals surface area contributed by atoms with Gasteiger partial charge in [-0.3, -0.25) is 0 Å². The third-order valence-corrected chi connectivity index (χ3v) is 2.95. The summed E-state index contributed by atoms with van der Waals surface area (Å²) in [7, 11) is 0. The molecule has 0 bridgehead atoms. The van der Waals surface area contributed by atoms with Gasteiger partial charge in [0, 0.05) is 6.04 Å². The summed E-state index contributed by atoms with van der Waals surface area (Å²) >= 11 is 0. The molecule has 0 spiro atoms. The van der Waals surface area contributed by atoms with E-state index in [1.807, 2.05) is 6.92 Å². The smallest absolute Gasteiger partial charge is 0.242 e. The number of hydrogen-bond acceptors (Lipinski definition) is 5. The van der Waals surface area contributed by atoms with Crippen molar-refractivity contribution in [3.8, 4) is 5.88 Å². The number of nitrogens with zero attached hydrogens (tertiary/aromatic N) is 2. The monoisotopic (exact) mass is 222 g/mol. The standard InChI is InChI=1S/C11H18N4O/c1-4-16-10-8(12)9(13-6-14-10)15-7-5-11(7,2)3/h6-7H,4-5,12H2,1-3H3,(H,13,14,15). The van der Waals surface area contributed by atoms with Crippen LogP contribution in [0.3, 0.4) is 0 Å². The topological polar surface area (TPSA) is 73.1 Å². The largest absolute Gasteiger partial charge is 0.476 e. The summed E-state index contributed by atoms with van der Waals surface area (Å²) in [5.41, 5.74) is 6.75. The predicted octanol–water partition coefficient (Wildman–Crippen LogP) is 1.67. The summed E-state index contributed by atoms with van der Waals surface area (Å²) in [6.07, 6.45) is 2.61. The average Bonchev–Trinajstić information content (AvgIpc) is 2.81. The molecule has 1 unspecified atom stereocenters. The number of anilines is 2. The maximum Gasteiger partial charge on any atom is 0.242 e. The molecule has 0 aromatic carbocycles. The fourth-order valence-electron chi connectivity index (χ4n) is 1.62. The Kier molecular flexibility index (Phi) is 2.61. The van der Waals surface area contributed by atoms with Crippen LogP contribution < -0.4 is 15.8 Å². The normalized spacial score (nSPS) is 21.6. The van der Waals surface area contributed by atoms with Gasteiger partial charge in [0.1, 0.15) is 12.0 Å². The van der Waals surface area contributed by atoms with Gasteiger partial charge >= 0.3 is 0 Å². The molecule has 1 atom stereocenters. The minimum Gasteiger partial charge on any atom is -0.476 e. The SMILES string of the molecule is CCOc1ncnc(NC2CC2(C)C)c1N. The molecule has 1 saturated carbocycles. The molecule has 0 saturated heterocycles. The number of nitrogens with one attached hydrogen (secondary N) is 1. The molecular weight excluding hydrogens is 204 g/mol. The van der Waals surface area contributed by atoms with Gasteiger partial charge in [0.15, 0.2) is 5.82 Å². The highest BCUT2D eigenvalue weighted by Crippen LogP contribution is 2.47. The van der Waals surface area contributed by atoms with Crippen molar-refractivity contribution in [2.75, 3.05) is 17.7 Å². The van der Waals surface area contributed by atoms with E-state index < -0.39 is 0 Å². The number of nitrogens with two attached hydrogens (primary N) is 1. The first kappa shape index (κ1) is 11.0. The summed E-state index contributed by atoms with van der Waals surface area (Å²) in [5.74, 6) is 1.13. The minimum absolute atomic E-state index is 0.336. The zero-order valence-electron chi connectivity index (χ0n) is 9.95. The zero-order chi connectivity index (χ0) is 11.8. The molecule has 2 rings (SSSR count). The van der Waals surface area contributed by atoms with Gasteiger partial charge in [0.05, 0.1) is 6.61 Å². The van der Waals surface area contributed by atoms with E-state index in [0.717, 1.165) is 6.42 Å². The van der Waals surface area contributed by atoms with Crippen molar-refractivity contribution >= 4 is 11.5 Å². The van der Waals surface area contributed by atoms with E-state index >= 15 is 0 Å². The minimum atomic E-state index is 0.336. The molecule has 0 aliphatic heterocycles. The number of aromatic nitrogens is 2. The molecule has 1 fully saturated rings. The van der Waals surface area contributed by atoms with Crippen LogP contribution in [0.15, 0.2) is 6.33 Å². The molecule has 0 amide bonds. The third-order valence-electron chi connectivity index (χ3n) is 2.95. The van der Waals surface area contributed by atoms with Crippen molar-refractivity contribution < 1.29 is 4.74 Å². The third kappa shape index (κ3) is 2.03. The summed E-state index contributed by atoms with van der Waals surface area (Å²) in [5, 5.41) is 3.32. The molecule has 5 heteroatoms. The Hall–Kier alpha value is -1.52. The Bertz CT molecular complexity index is 392. The van der Waals surface area contributed by atoms with Crippen molar-refractivity contribution in [3.05, 3.63) is 6.33 Å². The Morgan fingerprint density at radius 1 is 1.56 bits per heavy atom. The van der Waals surface area contributed by atoms with Crippen molar-refractivity contribution in [2.24, 2.45) is 5.41 Å². The number of rotatable bonds is 4. The Morgan fingerprint density at radius 2 is 2.25 bits per heavy atom. The van der Waals surface area contributed by atoms with Gasteiger partial charge in [0.25, 0.3) is 0 Å². The zero-order valence-corrected chi connectivity index (χ0v) is 9.95. The summed E-state index contributed by atoms with van der Waals surface area (Å²) in [6, 6.07) is 0.444. The van der Waals surface area contributed by atoms with Crippen molar-refractivity contribution in [2.45, 2.75) is 33.2 Å². The maximum atomic E-state index is 5.92. The fourth-order valence-corrected chi connectivity index (χ4v) is 1.62. The number of ether oxygens (including phenoxy) is 1. The van der Waals surface area contributed by atoms with Crippen molar-refractivity contribution in [3.63, 3.8) is 0 Å². The highest BCUT2D eigenvalue weighted by atomic mass is 16.5. The maximum absolute atomic E-state index is 5.92. The summed E-state index contributed by atoms with van der Waals surface area (Å²) in [4.78, 5) is 8.13. The van der Waals surface area contributed by atoms with Crippen LogP contribution in [-0.4, -0.2) is 22.6 Å². The first-order chi connectivity index (χ1) is 7.54. The second-order valence-electron chi connectivity index (χ2n) is 4.76. The molecule has 1 aromatic heterocycles. The van der Waals surface area contributed by atoms with Crippen LogP contribution >= 0.6 is 0 Å². The lowest BCUT2D eigenvalue weighted by atomic mass is 10.2. The molecule has 1 aromatic rings. The highest BCUT2D eigenvalue weighted by molar-refractivity contribution is 5.67. The van der Waals surface area contributed by atoms with Gasteiger partial charge in [0.2, 0.25) is 5.88 Å². The van der Waals surface area contributed by atoms with Gasteiger partial charge in [-0.1, -0.05) is 13.8 Å². The number of nitrogen functional groups attached to an aromatic ring is 1. The summed E-state index contributed by atoms with van der Waals surface area (Å²) in [6.45, 7) is 6.88. The van der Waals surface area contributed by atoms with Crippen molar-refractivity contribution in [1.29, 1.82) is 0 Å². The van der Waals surface area contributed by atoms with Gasteiger partial charge < -0.3 is 15.8 Å². The molecule has 3 N–H and O–H groups in total. The lowest BCUT2D eigenvalue weighted by molar-refractivity contribution is 0.328. The predicted molar refractivity (Wildman–Crippen MR) is 63.4 cm³/mol. The van der Waals surface area contributed by atoms with Gasteiger partial charge in [-0.15, -0.1) is 0 Å². The Morgan fingerprint density at radius 3 is 2.81 bits per heavy atom. The molecule has 1 aliphatic carbocycles. The molecule has 88 valence electrons. The van der Waals surface area contributed by atoms with Crippen LogP contribution in [0.25, 0.3) is 0 Å². The lowest BCUT2D eigenvalue weighted by Crippen LogP contribution is -2.12. The van der Waals surface area contributed by atoms with Crippen molar-refractivity contribution in [1.82, 2.24) is 9.97 Å². The second kappa shape index (κ2) is 3.81. The van der Waals surface area contributed by atoms with E-state index in [1.165, 1.54) is 6.33 Å². The Labute approximate surface area is 95.4 Å². The molecule has 5 nitrogen and oxygen atoms in total. The highest BCUT2D eigenvalue weighted by Gasteiger charge is 2.46. The van der Waals surface area contributed by atoms with Gasteiger partial charge in [-0.25, -0.2) is 4.98 Å². The van der Waals surface area contributed by atoms with Gasteiger partial charge in [-0.05, 0) is 18.8 Å². The van der Waals surface area contributed by atoms with E-state index in [4.69, 9.17) is 10.5 Å². The first-order valence-corrected chi connectivity index (χ1v) is 5.54. The van der Waals surface area contributed by atoms with Crippen LogP contribution in [0.5, 0.6) is 5.88 Å². The fraction of sp³-hybridized carbons (Fsp3) is 0.636. The quantitative estimate of drug-likeness (QED) is 0.810. The molecule has 1 heterocycles. The summed E-state index contributed by atoms with van der Waals surface area (Å²) < 4.78 is 5.32. The number of hydrogen-bond donors (Lipinski definition) is 2. The van der Waals surface area contributed by atoms with E-state index in [9.17, 15) is 0 Å². The van der Waals surface area contributed by atoms with E-state index in [1.54, 1.807) is 0 Å². The van der Waals surface area contributed by atoms with E-state index in [0.29, 0.717) is 35.4 Å². The second-order valence-corrected chi connectivity index (χ2v) is 4.76. The van der Waals surface area contributed by atoms with E-state index in [2.05, 4.69) is 29.1 Å². The van der Waals surface area contributed by atoms with E-state index in [-0.39, 0.29) is 0 Å². The van der Waals surface area contributed by atoms with Crippen LogP contribution in [-0.2, 0) is 0 Å².